The number of hydrogen-bond donors (Lipinski definition) is 1. The maximum atomic E-state index is 11.1. The Morgan fingerprint density at radius 2 is 2.29 bits per heavy atom. The molecule has 92 valence electrons. The van der Waals surface area contributed by atoms with Gasteiger partial charge in [-0.05, 0) is 26.5 Å². The van der Waals surface area contributed by atoms with Crippen LogP contribution in [0, 0.1) is 17.0 Å². The summed E-state index contributed by atoms with van der Waals surface area (Å²) in [5.41, 5.74) is 1.71. The van der Waals surface area contributed by atoms with Crippen molar-refractivity contribution in [1.82, 2.24) is 5.32 Å². The molecule has 2 rings (SSSR count). The third-order valence-corrected chi connectivity index (χ3v) is 3.34. The molecule has 1 aliphatic rings. The lowest BCUT2D eigenvalue weighted by Crippen LogP contribution is -2.29. The number of likely N-dealkylation sites (N-methyl/N-ethyl adjacent to an activating group) is 1. The third-order valence-electron chi connectivity index (χ3n) is 3.34. The van der Waals surface area contributed by atoms with Gasteiger partial charge >= 0.3 is 0 Å². The summed E-state index contributed by atoms with van der Waals surface area (Å²) >= 11 is 0. The molecule has 1 aromatic rings. The maximum absolute atomic E-state index is 11.1. The molecular formula is C12H17N3O2. The van der Waals surface area contributed by atoms with E-state index >= 15 is 0 Å². The van der Waals surface area contributed by atoms with Gasteiger partial charge < -0.3 is 10.2 Å². The lowest BCUT2D eigenvalue weighted by Gasteiger charge is -2.19. The fraction of sp³-hybridized carbons (Fsp3) is 0.500. The standard InChI is InChI=1S/C12H17N3O2/c1-9-4-3-5-11(12(9)15(16)17)14-7-6-10(8-14)13-2/h3-5,10,13H,6-8H2,1-2H3. The molecule has 5 nitrogen and oxygen atoms in total. The smallest absolute Gasteiger partial charge is 0.295 e. The van der Waals surface area contributed by atoms with Gasteiger partial charge in [0.05, 0.1) is 4.92 Å². The van der Waals surface area contributed by atoms with Crippen molar-refractivity contribution in [1.29, 1.82) is 0 Å². The number of anilines is 1. The van der Waals surface area contributed by atoms with Crippen molar-refractivity contribution < 1.29 is 4.92 Å². The predicted molar refractivity (Wildman–Crippen MR) is 67.5 cm³/mol. The van der Waals surface area contributed by atoms with Crippen molar-refractivity contribution in [2.45, 2.75) is 19.4 Å². The zero-order valence-electron chi connectivity index (χ0n) is 10.1. The zero-order valence-corrected chi connectivity index (χ0v) is 10.1. The second-order valence-corrected chi connectivity index (χ2v) is 4.42. The summed E-state index contributed by atoms with van der Waals surface area (Å²) in [7, 11) is 1.93. The molecule has 0 bridgehead atoms. The van der Waals surface area contributed by atoms with E-state index in [1.807, 2.05) is 19.2 Å². The van der Waals surface area contributed by atoms with Gasteiger partial charge in [0.25, 0.3) is 5.69 Å². The van der Waals surface area contributed by atoms with Gasteiger partial charge in [-0.2, -0.15) is 0 Å². The van der Waals surface area contributed by atoms with E-state index in [2.05, 4.69) is 10.2 Å². The van der Waals surface area contributed by atoms with Gasteiger partial charge in [-0.1, -0.05) is 12.1 Å². The molecule has 0 aromatic heterocycles. The lowest BCUT2D eigenvalue weighted by atomic mass is 10.1. The number of nitrogens with one attached hydrogen (secondary N) is 1. The van der Waals surface area contributed by atoms with E-state index in [4.69, 9.17) is 0 Å². The van der Waals surface area contributed by atoms with E-state index in [9.17, 15) is 10.1 Å². The van der Waals surface area contributed by atoms with E-state index in [1.54, 1.807) is 13.0 Å². The fourth-order valence-electron chi connectivity index (χ4n) is 2.35. The van der Waals surface area contributed by atoms with Gasteiger partial charge in [-0.15, -0.1) is 0 Å². The molecule has 0 aliphatic carbocycles. The first-order chi connectivity index (χ1) is 8.13. The number of benzene rings is 1. The molecule has 0 spiro atoms. The number of nitro benzene ring substituents is 1. The highest BCUT2D eigenvalue weighted by Gasteiger charge is 2.27. The molecule has 1 fully saturated rings. The van der Waals surface area contributed by atoms with Crippen LogP contribution in [0.25, 0.3) is 0 Å². The van der Waals surface area contributed by atoms with Crippen LogP contribution in [-0.4, -0.2) is 31.1 Å². The van der Waals surface area contributed by atoms with Crippen LogP contribution in [0.5, 0.6) is 0 Å². The highest BCUT2D eigenvalue weighted by atomic mass is 16.6. The minimum Gasteiger partial charge on any atom is -0.364 e. The van der Waals surface area contributed by atoms with Crippen LogP contribution in [0.2, 0.25) is 0 Å². The summed E-state index contributed by atoms with van der Waals surface area (Å²) in [5, 5.41) is 14.3. The van der Waals surface area contributed by atoms with Gasteiger partial charge in [0.2, 0.25) is 0 Å². The highest BCUT2D eigenvalue weighted by Crippen LogP contribution is 2.33. The molecule has 1 atom stereocenters. The summed E-state index contributed by atoms with van der Waals surface area (Å²) in [6.45, 7) is 3.49. The normalized spacial score (nSPS) is 19.6. The summed E-state index contributed by atoms with van der Waals surface area (Å²) in [6.07, 6.45) is 1.03. The van der Waals surface area contributed by atoms with Crippen LogP contribution >= 0.6 is 0 Å². The number of nitrogens with zero attached hydrogens (tertiary/aromatic N) is 2. The van der Waals surface area contributed by atoms with E-state index in [1.165, 1.54) is 0 Å². The molecule has 0 saturated carbocycles. The number of hydrogen-bond acceptors (Lipinski definition) is 4. The van der Waals surface area contributed by atoms with Gasteiger partial charge in [0.1, 0.15) is 5.69 Å². The zero-order chi connectivity index (χ0) is 12.4. The number of para-hydroxylation sites is 1. The quantitative estimate of drug-likeness (QED) is 0.640. The monoisotopic (exact) mass is 235 g/mol. The molecule has 1 aromatic carbocycles. The average Bonchev–Trinajstić information content (AvgIpc) is 2.76. The van der Waals surface area contributed by atoms with Crippen LogP contribution in [0.4, 0.5) is 11.4 Å². The summed E-state index contributed by atoms with van der Waals surface area (Å²) < 4.78 is 0. The molecule has 1 saturated heterocycles. The van der Waals surface area contributed by atoms with E-state index in [0.29, 0.717) is 6.04 Å². The Morgan fingerprint density at radius 1 is 1.53 bits per heavy atom. The number of rotatable bonds is 3. The van der Waals surface area contributed by atoms with Crippen molar-refractivity contribution in [3.63, 3.8) is 0 Å². The second-order valence-electron chi connectivity index (χ2n) is 4.42. The van der Waals surface area contributed by atoms with E-state index in [-0.39, 0.29) is 10.6 Å². The van der Waals surface area contributed by atoms with Crippen LogP contribution < -0.4 is 10.2 Å². The minimum absolute atomic E-state index is 0.240. The molecule has 0 amide bonds. The third kappa shape index (κ3) is 2.24. The Labute approximate surface area is 101 Å². The Kier molecular flexibility index (Phi) is 3.28. The van der Waals surface area contributed by atoms with Gasteiger partial charge in [-0.3, -0.25) is 10.1 Å². The van der Waals surface area contributed by atoms with Crippen LogP contribution in [0.1, 0.15) is 12.0 Å². The maximum Gasteiger partial charge on any atom is 0.295 e. The number of aryl methyl sites for hydroxylation is 1. The lowest BCUT2D eigenvalue weighted by molar-refractivity contribution is -0.384. The number of nitro groups is 1. The summed E-state index contributed by atoms with van der Waals surface area (Å²) in [6, 6.07) is 5.93. The Hall–Kier alpha value is -1.62. The molecule has 5 heteroatoms. The topological polar surface area (TPSA) is 58.4 Å². The summed E-state index contributed by atoms with van der Waals surface area (Å²) in [5.74, 6) is 0. The molecule has 1 heterocycles. The van der Waals surface area contributed by atoms with Crippen molar-refractivity contribution in [3.8, 4) is 0 Å². The molecule has 1 unspecified atom stereocenters. The van der Waals surface area contributed by atoms with Gasteiger partial charge in [-0.25, -0.2) is 0 Å². The highest BCUT2D eigenvalue weighted by molar-refractivity contribution is 5.67. The van der Waals surface area contributed by atoms with Crippen molar-refractivity contribution >= 4 is 11.4 Å². The molecule has 0 radical (unpaired) electrons. The van der Waals surface area contributed by atoms with Gasteiger partial charge in [0.15, 0.2) is 0 Å². The van der Waals surface area contributed by atoms with Crippen LogP contribution in [0.3, 0.4) is 0 Å². The molecule has 1 N–H and O–H groups in total. The Morgan fingerprint density at radius 3 is 2.88 bits per heavy atom. The average molecular weight is 235 g/mol. The van der Waals surface area contributed by atoms with Crippen molar-refractivity contribution in [2.24, 2.45) is 0 Å². The molecular weight excluding hydrogens is 218 g/mol. The SMILES string of the molecule is CNC1CCN(c2cccc(C)c2[N+](=O)[O-])C1. The van der Waals surface area contributed by atoms with E-state index in [0.717, 1.165) is 30.8 Å². The second kappa shape index (κ2) is 4.71. The molecule has 1 aliphatic heterocycles. The van der Waals surface area contributed by atoms with Crippen molar-refractivity contribution in [3.05, 3.63) is 33.9 Å². The first-order valence-electron chi connectivity index (χ1n) is 5.79. The Balaban J connectivity index is 2.33. The first-order valence-corrected chi connectivity index (χ1v) is 5.79. The minimum atomic E-state index is -0.280. The van der Waals surface area contributed by atoms with Crippen LogP contribution in [-0.2, 0) is 0 Å². The van der Waals surface area contributed by atoms with Crippen LogP contribution in [0.15, 0.2) is 18.2 Å². The summed E-state index contributed by atoms with van der Waals surface area (Å²) in [4.78, 5) is 12.9. The first kappa shape index (κ1) is 11.9. The van der Waals surface area contributed by atoms with Crippen molar-refractivity contribution in [2.75, 3.05) is 25.0 Å². The fourth-order valence-corrected chi connectivity index (χ4v) is 2.35. The largest absolute Gasteiger partial charge is 0.364 e. The molecule has 17 heavy (non-hydrogen) atoms. The predicted octanol–water partition coefficient (Wildman–Crippen LogP) is 1.70. The Bertz CT molecular complexity index is 434. The van der Waals surface area contributed by atoms with E-state index < -0.39 is 0 Å². The van der Waals surface area contributed by atoms with Gasteiger partial charge in [0, 0.05) is 24.7 Å².